The van der Waals surface area contributed by atoms with E-state index in [0.717, 1.165) is 27.5 Å². The third-order valence-corrected chi connectivity index (χ3v) is 5.97. The van der Waals surface area contributed by atoms with Gasteiger partial charge in [-0.05, 0) is 52.2 Å². The maximum atomic E-state index is 12.9. The van der Waals surface area contributed by atoms with Crippen molar-refractivity contribution >= 4 is 40.4 Å². The summed E-state index contributed by atoms with van der Waals surface area (Å²) in [5.74, 6) is 0.998. The minimum atomic E-state index is -0.139. The molecule has 4 aromatic rings. The molecule has 35 heavy (non-hydrogen) atoms. The SMILES string of the molecule is N=C(N)c1ccc2ccc(CN3C(=O)COc4ccc(-c5ccccc5OOSN)cc43)cc2c1. The number of hydrogen-bond donors (Lipinski definition) is 3. The third-order valence-electron chi connectivity index (χ3n) is 5.82. The van der Waals surface area contributed by atoms with Crippen molar-refractivity contribution < 1.29 is 18.8 Å². The molecule has 0 aliphatic carbocycles. The van der Waals surface area contributed by atoms with E-state index in [-0.39, 0.29) is 18.3 Å². The first kappa shape index (κ1) is 22.7. The van der Waals surface area contributed by atoms with E-state index in [1.54, 1.807) is 11.0 Å². The molecule has 0 saturated heterocycles. The molecule has 1 heterocycles. The van der Waals surface area contributed by atoms with Crippen LogP contribution >= 0.6 is 12.2 Å². The van der Waals surface area contributed by atoms with Crippen molar-refractivity contribution in [2.75, 3.05) is 11.5 Å². The van der Waals surface area contributed by atoms with Crippen LogP contribution in [0.4, 0.5) is 5.69 Å². The van der Waals surface area contributed by atoms with Crippen LogP contribution in [0.25, 0.3) is 21.9 Å². The number of nitrogens with one attached hydrogen (secondary N) is 1. The lowest BCUT2D eigenvalue weighted by Crippen LogP contribution is -2.38. The molecule has 8 nitrogen and oxygen atoms in total. The van der Waals surface area contributed by atoms with Crippen LogP contribution in [-0.2, 0) is 15.7 Å². The van der Waals surface area contributed by atoms with Gasteiger partial charge in [-0.1, -0.05) is 52.9 Å². The van der Waals surface area contributed by atoms with Gasteiger partial charge in [-0.15, -0.1) is 0 Å². The van der Waals surface area contributed by atoms with Crippen LogP contribution in [0.5, 0.6) is 11.5 Å². The van der Waals surface area contributed by atoms with Gasteiger partial charge in [-0.3, -0.25) is 15.3 Å². The van der Waals surface area contributed by atoms with E-state index in [1.165, 1.54) is 0 Å². The van der Waals surface area contributed by atoms with Gasteiger partial charge in [0.25, 0.3) is 5.91 Å². The maximum Gasteiger partial charge on any atom is 0.265 e. The Morgan fingerprint density at radius 3 is 2.69 bits per heavy atom. The first-order valence-corrected chi connectivity index (χ1v) is 11.6. The number of anilines is 1. The molecule has 0 atom stereocenters. The van der Waals surface area contributed by atoms with E-state index in [0.29, 0.717) is 41.5 Å². The molecule has 0 spiro atoms. The van der Waals surface area contributed by atoms with Crippen molar-refractivity contribution in [3.05, 3.63) is 90.0 Å². The number of hydrogen-bond acceptors (Lipinski definition) is 7. The molecule has 0 aromatic heterocycles. The van der Waals surface area contributed by atoms with Crippen LogP contribution in [0.3, 0.4) is 0 Å². The largest absolute Gasteiger partial charge is 0.482 e. The topological polar surface area (TPSA) is 124 Å². The molecular formula is C26H22N4O4S. The Bertz CT molecular complexity index is 1440. The van der Waals surface area contributed by atoms with Gasteiger partial charge in [0, 0.05) is 11.1 Å². The highest BCUT2D eigenvalue weighted by atomic mass is 32.2. The minimum Gasteiger partial charge on any atom is -0.482 e. The number of nitrogen functional groups attached to an aromatic ring is 1. The third kappa shape index (κ3) is 4.65. The number of carbonyl (C=O) groups excluding carboxylic acids is 1. The predicted octanol–water partition coefficient (Wildman–Crippen LogP) is 4.55. The fourth-order valence-corrected chi connectivity index (χ4v) is 4.23. The van der Waals surface area contributed by atoms with E-state index in [2.05, 4.69) is 0 Å². The molecule has 4 aromatic carbocycles. The molecule has 176 valence electrons. The molecular weight excluding hydrogens is 464 g/mol. The van der Waals surface area contributed by atoms with Crippen LogP contribution in [0, 0.1) is 5.41 Å². The molecule has 0 saturated carbocycles. The van der Waals surface area contributed by atoms with Gasteiger partial charge in [-0.2, -0.15) is 0 Å². The number of para-hydroxylation sites is 1. The average Bonchev–Trinajstić information content (AvgIpc) is 2.88. The second-order valence-corrected chi connectivity index (χ2v) is 8.33. The molecule has 0 unspecified atom stereocenters. The van der Waals surface area contributed by atoms with E-state index in [4.69, 9.17) is 30.2 Å². The lowest BCUT2D eigenvalue weighted by Gasteiger charge is -2.30. The summed E-state index contributed by atoms with van der Waals surface area (Å²) in [6.45, 7) is 0.333. The van der Waals surface area contributed by atoms with E-state index in [1.807, 2.05) is 72.8 Å². The number of amidine groups is 1. The molecule has 0 radical (unpaired) electrons. The Morgan fingerprint density at radius 1 is 1.03 bits per heavy atom. The van der Waals surface area contributed by atoms with Gasteiger partial charge >= 0.3 is 0 Å². The molecule has 0 fully saturated rings. The molecule has 1 aliphatic heterocycles. The zero-order valence-electron chi connectivity index (χ0n) is 18.6. The van der Waals surface area contributed by atoms with Gasteiger partial charge < -0.3 is 20.3 Å². The minimum absolute atomic E-state index is 0.0156. The summed E-state index contributed by atoms with van der Waals surface area (Å²) in [7, 11) is 0. The molecule has 1 aliphatic rings. The predicted molar refractivity (Wildman–Crippen MR) is 137 cm³/mol. The summed E-state index contributed by atoms with van der Waals surface area (Å²) in [6, 6.07) is 24.7. The molecule has 1 amide bonds. The Balaban J connectivity index is 1.51. The second-order valence-electron chi connectivity index (χ2n) is 8.00. The average molecular weight is 487 g/mol. The van der Waals surface area contributed by atoms with Crippen molar-refractivity contribution in [1.29, 1.82) is 5.41 Å². The zero-order chi connectivity index (χ0) is 24.4. The Kier molecular flexibility index (Phi) is 6.28. The number of nitrogens with zero attached hydrogens (tertiary/aromatic N) is 1. The fraction of sp³-hybridized carbons (Fsp3) is 0.0769. The van der Waals surface area contributed by atoms with Crippen LogP contribution in [0.15, 0.2) is 78.9 Å². The van der Waals surface area contributed by atoms with Crippen LogP contribution < -0.4 is 25.4 Å². The number of carbonyl (C=O) groups is 1. The van der Waals surface area contributed by atoms with Crippen molar-refractivity contribution in [3.8, 4) is 22.6 Å². The lowest BCUT2D eigenvalue weighted by atomic mass is 10.0. The number of fused-ring (bicyclic) bond motifs is 2. The summed E-state index contributed by atoms with van der Waals surface area (Å²) in [4.78, 5) is 19.9. The van der Waals surface area contributed by atoms with Gasteiger partial charge in [0.2, 0.25) is 0 Å². The zero-order valence-corrected chi connectivity index (χ0v) is 19.4. The highest BCUT2D eigenvalue weighted by molar-refractivity contribution is 7.92. The molecule has 9 heteroatoms. The Morgan fingerprint density at radius 2 is 1.86 bits per heavy atom. The summed E-state index contributed by atoms with van der Waals surface area (Å²) >= 11 is 0.614. The highest BCUT2D eigenvalue weighted by Crippen LogP contribution is 2.39. The summed E-state index contributed by atoms with van der Waals surface area (Å²) < 4.78 is 10.6. The van der Waals surface area contributed by atoms with E-state index < -0.39 is 0 Å². The van der Waals surface area contributed by atoms with Crippen molar-refractivity contribution in [2.45, 2.75) is 6.54 Å². The maximum absolute atomic E-state index is 12.9. The smallest absolute Gasteiger partial charge is 0.265 e. The first-order valence-electron chi connectivity index (χ1n) is 10.8. The van der Waals surface area contributed by atoms with Crippen LogP contribution in [0.2, 0.25) is 0 Å². The van der Waals surface area contributed by atoms with Gasteiger partial charge in [-0.25, -0.2) is 0 Å². The lowest BCUT2D eigenvalue weighted by molar-refractivity contribution is -0.121. The summed E-state index contributed by atoms with van der Waals surface area (Å²) in [5.41, 5.74) is 9.54. The number of ether oxygens (including phenoxy) is 1. The summed E-state index contributed by atoms with van der Waals surface area (Å²) in [5, 5.41) is 15.0. The highest BCUT2D eigenvalue weighted by Gasteiger charge is 2.26. The van der Waals surface area contributed by atoms with Crippen molar-refractivity contribution in [2.24, 2.45) is 10.9 Å². The first-order chi connectivity index (χ1) is 17.0. The number of amides is 1. The van der Waals surface area contributed by atoms with Gasteiger partial charge in [0.15, 0.2) is 12.4 Å². The van der Waals surface area contributed by atoms with Crippen molar-refractivity contribution in [3.63, 3.8) is 0 Å². The molecule has 5 rings (SSSR count). The number of nitrogens with two attached hydrogens (primary N) is 2. The number of rotatable bonds is 7. The quantitative estimate of drug-likeness (QED) is 0.0874. The standard InChI is InChI=1S/C26H22N4O4S/c27-26(28)19-8-7-17-6-5-16(11-20(17)12-19)14-30-22-13-18(9-10-24(22)32-15-25(30)31)21-3-1-2-4-23(21)33-34-35-29/h1-13H,14-15,29H2,(H3,27,28). The van der Waals surface area contributed by atoms with Crippen LogP contribution in [-0.4, -0.2) is 18.3 Å². The second kappa shape index (κ2) is 9.67. The fourth-order valence-electron chi connectivity index (χ4n) is 4.12. The van der Waals surface area contributed by atoms with Crippen LogP contribution in [0.1, 0.15) is 11.1 Å². The Hall–Kier alpha value is -4.05. The Labute approximate surface area is 206 Å². The van der Waals surface area contributed by atoms with Gasteiger partial charge in [0.1, 0.15) is 23.8 Å². The van der Waals surface area contributed by atoms with Gasteiger partial charge in [0.05, 0.1) is 12.2 Å². The molecule has 5 N–H and O–H groups in total. The molecule has 0 bridgehead atoms. The van der Waals surface area contributed by atoms with E-state index in [9.17, 15) is 4.79 Å². The van der Waals surface area contributed by atoms with E-state index >= 15 is 0 Å². The number of benzene rings is 4. The summed E-state index contributed by atoms with van der Waals surface area (Å²) in [6.07, 6.45) is 0. The monoisotopic (exact) mass is 486 g/mol. The van der Waals surface area contributed by atoms with Crippen molar-refractivity contribution in [1.82, 2.24) is 0 Å². The normalized spacial score (nSPS) is 12.8.